The van der Waals surface area contributed by atoms with Crippen LogP contribution in [0.5, 0.6) is 0 Å². The highest BCUT2D eigenvalue weighted by atomic mass is 16.5. The first-order valence-corrected chi connectivity index (χ1v) is 9.83. The molecule has 1 heterocycles. The number of benzene rings is 1. The summed E-state index contributed by atoms with van der Waals surface area (Å²) in [6.07, 6.45) is 3.68. The number of ether oxygens (including phenoxy) is 2. The van der Waals surface area contributed by atoms with Crippen LogP contribution in [0, 0.1) is 6.92 Å². The van der Waals surface area contributed by atoms with E-state index in [4.69, 9.17) is 13.9 Å². The summed E-state index contributed by atoms with van der Waals surface area (Å²) in [6.45, 7) is 8.26. The number of rotatable bonds is 12. The molecule has 7 heteroatoms. The van der Waals surface area contributed by atoms with E-state index < -0.39 is 0 Å². The Hall–Kier alpha value is -2.38. The van der Waals surface area contributed by atoms with Crippen LogP contribution in [-0.2, 0) is 16.0 Å². The summed E-state index contributed by atoms with van der Waals surface area (Å²) >= 11 is 0. The number of oxazole rings is 1. The molecule has 0 radical (unpaired) electrons. The standard InChI is InChI=1S/C21H32N4O3/c1-4-22-21(23-11-5-6-12-27-14-13-26-3)24-15-19-16-28-20(25-19)18-9-7-17(2)8-10-18/h7-10,16H,4-6,11-15H2,1-3H3,(H2,22,23,24). The number of unbranched alkanes of at least 4 members (excludes halogenated alkanes) is 1. The smallest absolute Gasteiger partial charge is 0.226 e. The summed E-state index contributed by atoms with van der Waals surface area (Å²) in [7, 11) is 1.68. The molecule has 0 spiro atoms. The Kier molecular flexibility index (Phi) is 10.1. The molecular weight excluding hydrogens is 356 g/mol. The van der Waals surface area contributed by atoms with E-state index >= 15 is 0 Å². The molecule has 0 fully saturated rings. The van der Waals surface area contributed by atoms with Gasteiger partial charge in [0.2, 0.25) is 5.89 Å². The molecule has 2 aromatic rings. The number of hydrogen-bond acceptors (Lipinski definition) is 5. The average Bonchev–Trinajstić information content (AvgIpc) is 3.17. The van der Waals surface area contributed by atoms with Gasteiger partial charge in [0.1, 0.15) is 12.0 Å². The van der Waals surface area contributed by atoms with Crippen LogP contribution in [0.25, 0.3) is 11.5 Å². The number of aryl methyl sites for hydroxylation is 1. The number of guanidine groups is 1. The lowest BCUT2D eigenvalue weighted by atomic mass is 10.1. The molecule has 0 saturated heterocycles. The van der Waals surface area contributed by atoms with Gasteiger partial charge in [0.05, 0.1) is 19.8 Å². The Bertz CT molecular complexity index is 698. The normalized spacial score (nSPS) is 11.6. The van der Waals surface area contributed by atoms with Crippen molar-refractivity contribution in [1.82, 2.24) is 15.6 Å². The Labute approximate surface area is 167 Å². The van der Waals surface area contributed by atoms with E-state index in [0.717, 1.165) is 49.8 Å². The van der Waals surface area contributed by atoms with Crippen molar-refractivity contribution in [3.05, 3.63) is 41.8 Å². The fourth-order valence-corrected chi connectivity index (χ4v) is 2.49. The second-order valence-corrected chi connectivity index (χ2v) is 6.44. The van der Waals surface area contributed by atoms with Crippen LogP contribution in [0.4, 0.5) is 0 Å². The van der Waals surface area contributed by atoms with Gasteiger partial charge in [-0.1, -0.05) is 17.7 Å². The number of methoxy groups -OCH3 is 1. The molecule has 1 aromatic heterocycles. The van der Waals surface area contributed by atoms with Crippen molar-refractivity contribution in [3.63, 3.8) is 0 Å². The zero-order chi connectivity index (χ0) is 20.0. The van der Waals surface area contributed by atoms with Crippen molar-refractivity contribution >= 4 is 5.96 Å². The van der Waals surface area contributed by atoms with Crippen LogP contribution >= 0.6 is 0 Å². The molecule has 2 N–H and O–H groups in total. The Morgan fingerprint density at radius 3 is 2.68 bits per heavy atom. The van der Waals surface area contributed by atoms with E-state index in [0.29, 0.717) is 25.6 Å². The summed E-state index contributed by atoms with van der Waals surface area (Å²) in [5.74, 6) is 1.40. The number of aliphatic imine (C=N–C) groups is 1. The van der Waals surface area contributed by atoms with Gasteiger partial charge < -0.3 is 24.5 Å². The fraction of sp³-hybridized carbons (Fsp3) is 0.524. The summed E-state index contributed by atoms with van der Waals surface area (Å²) in [5.41, 5.74) is 2.99. The minimum Gasteiger partial charge on any atom is -0.444 e. The zero-order valence-electron chi connectivity index (χ0n) is 17.2. The lowest BCUT2D eigenvalue weighted by Gasteiger charge is -2.11. The minimum absolute atomic E-state index is 0.463. The molecule has 0 aliphatic rings. The number of nitrogens with one attached hydrogen (secondary N) is 2. The first kappa shape index (κ1) is 21.9. The quantitative estimate of drug-likeness (QED) is 0.330. The van der Waals surface area contributed by atoms with Crippen LogP contribution in [-0.4, -0.2) is 51.0 Å². The van der Waals surface area contributed by atoms with Crippen molar-refractivity contribution in [2.45, 2.75) is 33.2 Å². The van der Waals surface area contributed by atoms with Crippen molar-refractivity contribution in [1.29, 1.82) is 0 Å². The predicted molar refractivity (Wildman–Crippen MR) is 111 cm³/mol. The first-order chi connectivity index (χ1) is 13.7. The minimum atomic E-state index is 0.463. The molecule has 0 unspecified atom stereocenters. The van der Waals surface area contributed by atoms with Crippen LogP contribution in [0.3, 0.4) is 0 Å². The highest BCUT2D eigenvalue weighted by Crippen LogP contribution is 2.19. The number of hydrogen-bond donors (Lipinski definition) is 2. The second-order valence-electron chi connectivity index (χ2n) is 6.44. The summed E-state index contributed by atoms with van der Waals surface area (Å²) in [5, 5.41) is 6.59. The van der Waals surface area contributed by atoms with Gasteiger partial charge in [-0.05, 0) is 38.8 Å². The summed E-state index contributed by atoms with van der Waals surface area (Å²) in [6, 6.07) is 8.12. The van der Waals surface area contributed by atoms with Gasteiger partial charge in [0.25, 0.3) is 0 Å². The third-order valence-corrected chi connectivity index (χ3v) is 4.03. The van der Waals surface area contributed by atoms with Crippen molar-refractivity contribution < 1.29 is 13.9 Å². The summed E-state index contributed by atoms with van der Waals surface area (Å²) in [4.78, 5) is 9.12. The largest absolute Gasteiger partial charge is 0.444 e. The molecule has 0 atom stereocenters. The van der Waals surface area contributed by atoms with Crippen LogP contribution in [0.15, 0.2) is 39.9 Å². The van der Waals surface area contributed by atoms with Gasteiger partial charge in [-0.2, -0.15) is 0 Å². The predicted octanol–water partition coefficient (Wildman–Crippen LogP) is 3.15. The maximum Gasteiger partial charge on any atom is 0.226 e. The van der Waals surface area contributed by atoms with Gasteiger partial charge in [-0.15, -0.1) is 0 Å². The molecule has 0 amide bonds. The molecule has 28 heavy (non-hydrogen) atoms. The molecule has 0 bridgehead atoms. The number of nitrogens with zero attached hydrogens (tertiary/aromatic N) is 2. The first-order valence-electron chi connectivity index (χ1n) is 9.83. The van der Waals surface area contributed by atoms with Gasteiger partial charge >= 0.3 is 0 Å². The Morgan fingerprint density at radius 2 is 1.93 bits per heavy atom. The maximum absolute atomic E-state index is 5.59. The molecule has 0 aliphatic heterocycles. The molecule has 0 aliphatic carbocycles. The molecule has 1 aromatic carbocycles. The SMILES string of the molecule is CCNC(=NCc1coc(-c2ccc(C)cc2)n1)NCCCCOCCOC. The Morgan fingerprint density at radius 1 is 1.11 bits per heavy atom. The van der Waals surface area contributed by atoms with E-state index in [-0.39, 0.29) is 0 Å². The monoisotopic (exact) mass is 388 g/mol. The van der Waals surface area contributed by atoms with E-state index in [2.05, 4.69) is 27.5 Å². The van der Waals surface area contributed by atoms with E-state index in [1.54, 1.807) is 13.4 Å². The van der Waals surface area contributed by atoms with E-state index in [1.807, 2.05) is 31.2 Å². The van der Waals surface area contributed by atoms with Gasteiger partial charge in [0, 0.05) is 32.4 Å². The van der Waals surface area contributed by atoms with Crippen molar-refractivity contribution in [2.75, 3.05) is 40.0 Å². The molecule has 7 nitrogen and oxygen atoms in total. The molecule has 154 valence electrons. The lowest BCUT2D eigenvalue weighted by molar-refractivity contribution is 0.0689. The maximum atomic E-state index is 5.59. The summed E-state index contributed by atoms with van der Waals surface area (Å²) < 4.78 is 16.0. The average molecular weight is 389 g/mol. The third kappa shape index (κ3) is 8.10. The lowest BCUT2D eigenvalue weighted by Crippen LogP contribution is -2.37. The van der Waals surface area contributed by atoms with E-state index in [9.17, 15) is 0 Å². The van der Waals surface area contributed by atoms with Gasteiger partial charge in [-0.25, -0.2) is 9.98 Å². The molecule has 2 rings (SSSR count). The topological polar surface area (TPSA) is 80.9 Å². The van der Waals surface area contributed by atoms with Gasteiger partial charge in [0.15, 0.2) is 5.96 Å². The molecule has 0 saturated carbocycles. The Balaban J connectivity index is 1.76. The fourth-order valence-electron chi connectivity index (χ4n) is 2.49. The van der Waals surface area contributed by atoms with Crippen molar-refractivity contribution in [2.24, 2.45) is 4.99 Å². The number of aromatic nitrogens is 1. The van der Waals surface area contributed by atoms with Crippen LogP contribution in [0.1, 0.15) is 31.0 Å². The second kappa shape index (κ2) is 12.9. The highest BCUT2D eigenvalue weighted by Gasteiger charge is 2.06. The van der Waals surface area contributed by atoms with Crippen LogP contribution < -0.4 is 10.6 Å². The molecular formula is C21H32N4O3. The highest BCUT2D eigenvalue weighted by molar-refractivity contribution is 5.79. The van der Waals surface area contributed by atoms with E-state index in [1.165, 1.54) is 5.56 Å². The van der Waals surface area contributed by atoms with Gasteiger partial charge in [-0.3, -0.25) is 0 Å². The van der Waals surface area contributed by atoms with Crippen LogP contribution in [0.2, 0.25) is 0 Å². The van der Waals surface area contributed by atoms with Crippen molar-refractivity contribution in [3.8, 4) is 11.5 Å². The zero-order valence-corrected chi connectivity index (χ0v) is 17.2. The third-order valence-electron chi connectivity index (χ3n) is 4.03.